The molecule has 2 fully saturated rings. The Morgan fingerprint density at radius 2 is 1.77 bits per heavy atom. The van der Waals surface area contributed by atoms with Crippen molar-refractivity contribution in [3.8, 4) is 5.75 Å². The molecule has 5 heteroatoms. The zero-order valence-electron chi connectivity index (χ0n) is 17.6. The first-order valence-electron chi connectivity index (χ1n) is 10.6. The molecule has 1 aliphatic carbocycles. The molecule has 30 heavy (non-hydrogen) atoms. The molecule has 1 saturated carbocycles. The van der Waals surface area contributed by atoms with Gasteiger partial charge in [-0.05, 0) is 55.2 Å². The van der Waals surface area contributed by atoms with Crippen molar-refractivity contribution in [2.45, 2.75) is 50.6 Å². The first-order valence-corrected chi connectivity index (χ1v) is 10.6. The van der Waals surface area contributed by atoms with Crippen molar-refractivity contribution in [1.82, 2.24) is 5.32 Å². The molecule has 1 atom stereocenters. The molecule has 1 aliphatic heterocycles. The normalized spacial score (nSPS) is 22.0. The Bertz CT molecular complexity index is 946. The summed E-state index contributed by atoms with van der Waals surface area (Å²) >= 11 is 0. The molecule has 2 aliphatic rings. The molecule has 0 aromatic heterocycles. The molecular weight excluding hydrogens is 376 g/mol. The molecule has 1 N–H and O–H groups in total. The molecule has 0 radical (unpaired) electrons. The lowest BCUT2D eigenvalue weighted by Gasteiger charge is -2.51. The standard InChI is InChI=1S/C25H28N2O3/c1-18(16-19-8-4-3-5-9-19)25(24(29)26-20-10-6-7-11-20)17-23(28)27(25)21-12-14-22(30-2)15-13-21/h3-5,8-9,12-16,20H,6-7,10-11,17H2,1-2H3,(H,26,29)/b18-16+. The van der Waals surface area contributed by atoms with Gasteiger partial charge in [-0.3, -0.25) is 14.5 Å². The molecule has 2 amide bonds. The van der Waals surface area contributed by atoms with Gasteiger partial charge in [-0.1, -0.05) is 49.2 Å². The molecule has 1 saturated heterocycles. The minimum absolute atomic E-state index is 0.0532. The molecule has 0 bridgehead atoms. The first-order chi connectivity index (χ1) is 14.5. The molecule has 2 aromatic rings. The van der Waals surface area contributed by atoms with Gasteiger partial charge in [-0.2, -0.15) is 0 Å². The van der Waals surface area contributed by atoms with E-state index in [-0.39, 0.29) is 24.3 Å². The zero-order valence-corrected chi connectivity index (χ0v) is 17.6. The van der Waals surface area contributed by atoms with Gasteiger partial charge in [0.15, 0.2) is 5.54 Å². The molecule has 156 valence electrons. The fourth-order valence-corrected chi connectivity index (χ4v) is 4.56. The van der Waals surface area contributed by atoms with E-state index >= 15 is 0 Å². The summed E-state index contributed by atoms with van der Waals surface area (Å²) in [4.78, 5) is 28.0. The van der Waals surface area contributed by atoms with Crippen LogP contribution in [0.3, 0.4) is 0 Å². The maximum Gasteiger partial charge on any atom is 0.251 e. The molecule has 1 heterocycles. The van der Waals surface area contributed by atoms with Crippen molar-refractivity contribution in [3.05, 3.63) is 65.7 Å². The van der Waals surface area contributed by atoms with Gasteiger partial charge in [0.05, 0.1) is 13.5 Å². The number of carbonyl (C=O) groups excluding carboxylic acids is 2. The van der Waals surface area contributed by atoms with Gasteiger partial charge in [0.25, 0.3) is 5.91 Å². The second kappa shape index (κ2) is 8.34. The largest absolute Gasteiger partial charge is 0.497 e. The van der Waals surface area contributed by atoms with Crippen molar-refractivity contribution < 1.29 is 14.3 Å². The first kappa shape index (κ1) is 20.2. The van der Waals surface area contributed by atoms with E-state index in [0.717, 1.165) is 36.8 Å². The van der Waals surface area contributed by atoms with E-state index in [1.165, 1.54) is 0 Å². The highest BCUT2D eigenvalue weighted by Gasteiger charge is 2.58. The Morgan fingerprint density at radius 3 is 2.37 bits per heavy atom. The van der Waals surface area contributed by atoms with Crippen molar-refractivity contribution in [1.29, 1.82) is 0 Å². The highest BCUT2D eigenvalue weighted by Crippen LogP contribution is 2.43. The Kier molecular flexibility index (Phi) is 5.62. The van der Waals surface area contributed by atoms with Gasteiger partial charge in [0.2, 0.25) is 5.91 Å². The number of nitrogens with one attached hydrogen (secondary N) is 1. The topological polar surface area (TPSA) is 58.6 Å². The van der Waals surface area contributed by atoms with E-state index in [2.05, 4.69) is 5.32 Å². The number of β-lactam (4-membered cyclic amide) rings is 1. The van der Waals surface area contributed by atoms with Gasteiger partial charge in [0, 0.05) is 11.7 Å². The van der Waals surface area contributed by atoms with Crippen LogP contribution >= 0.6 is 0 Å². The minimum Gasteiger partial charge on any atom is -0.497 e. The summed E-state index contributed by atoms with van der Waals surface area (Å²) in [5.41, 5.74) is 1.57. The van der Waals surface area contributed by atoms with Crippen LogP contribution in [0.2, 0.25) is 0 Å². The molecule has 4 rings (SSSR count). The van der Waals surface area contributed by atoms with Crippen LogP contribution in [-0.2, 0) is 9.59 Å². The van der Waals surface area contributed by atoms with Crippen molar-refractivity contribution >= 4 is 23.6 Å². The number of carbonyl (C=O) groups is 2. The lowest BCUT2D eigenvalue weighted by molar-refractivity contribution is -0.138. The molecule has 2 aromatic carbocycles. The third-order valence-electron chi connectivity index (χ3n) is 6.27. The maximum atomic E-state index is 13.6. The zero-order chi connectivity index (χ0) is 21.1. The van der Waals surface area contributed by atoms with Crippen LogP contribution in [0.25, 0.3) is 6.08 Å². The number of ether oxygens (including phenoxy) is 1. The van der Waals surface area contributed by atoms with E-state index in [4.69, 9.17) is 4.74 Å². The number of methoxy groups -OCH3 is 1. The van der Waals surface area contributed by atoms with Crippen LogP contribution in [0.4, 0.5) is 5.69 Å². The van der Waals surface area contributed by atoms with Gasteiger partial charge in [-0.25, -0.2) is 0 Å². The van der Waals surface area contributed by atoms with Crippen LogP contribution in [0.1, 0.15) is 44.6 Å². The minimum atomic E-state index is -1.01. The second-order valence-electron chi connectivity index (χ2n) is 8.16. The van der Waals surface area contributed by atoms with E-state index in [9.17, 15) is 9.59 Å². The average Bonchev–Trinajstić information content (AvgIpc) is 3.25. The van der Waals surface area contributed by atoms with E-state index in [1.807, 2.05) is 67.6 Å². The highest BCUT2D eigenvalue weighted by molar-refractivity contribution is 6.16. The van der Waals surface area contributed by atoms with E-state index in [1.54, 1.807) is 12.0 Å². The average molecular weight is 405 g/mol. The third-order valence-corrected chi connectivity index (χ3v) is 6.27. The summed E-state index contributed by atoms with van der Waals surface area (Å²) in [5, 5.41) is 3.23. The van der Waals surface area contributed by atoms with Crippen LogP contribution in [0.5, 0.6) is 5.75 Å². The Labute approximate surface area is 177 Å². The van der Waals surface area contributed by atoms with Crippen LogP contribution in [0, 0.1) is 0 Å². The van der Waals surface area contributed by atoms with Crippen LogP contribution in [0.15, 0.2) is 60.2 Å². The number of anilines is 1. The van der Waals surface area contributed by atoms with Gasteiger partial charge >= 0.3 is 0 Å². The van der Waals surface area contributed by atoms with E-state index in [0.29, 0.717) is 11.4 Å². The predicted molar refractivity (Wildman–Crippen MR) is 118 cm³/mol. The third kappa shape index (κ3) is 3.60. The van der Waals surface area contributed by atoms with E-state index < -0.39 is 5.54 Å². The van der Waals surface area contributed by atoms with Gasteiger partial charge in [-0.15, -0.1) is 0 Å². The predicted octanol–water partition coefficient (Wildman–Crippen LogP) is 4.33. The van der Waals surface area contributed by atoms with Crippen LogP contribution in [-0.4, -0.2) is 30.5 Å². The van der Waals surface area contributed by atoms with Crippen molar-refractivity contribution in [2.75, 3.05) is 12.0 Å². The second-order valence-corrected chi connectivity index (χ2v) is 8.16. The smallest absolute Gasteiger partial charge is 0.251 e. The molecular formula is C25H28N2O3. The number of hydrogen-bond donors (Lipinski definition) is 1. The summed E-state index contributed by atoms with van der Waals surface area (Å²) < 4.78 is 5.25. The SMILES string of the molecule is COc1ccc(N2C(=O)CC2(C(=O)NC2CCCC2)/C(C)=C/c2ccccc2)cc1. The van der Waals surface area contributed by atoms with Crippen molar-refractivity contribution in [2.24, 2.45) is 0 Å². The number of benzene rings is 2. The lowest BCUT2D eigenvalue weighted by Crippen LogP contribution is -2.72. The summed E-state index contributed by atoms with van der Waals surface area (Å²) in [6, 6.07) is 17.4. The fourth-order valence-electron chi connectivity index (χ4n) is 4.56. The highest BCUT2D eigenvalue weighted by atomic mass is 16.5. The monoisotopic (exact) mass is 404 g/mol. The van der Waals surface area contributed by atoms with Crippen LogP contribution < -0.4 is 15.0 Å². The summed E-state index contributed by atoms with van der Waals surface area (Å²) in [7, 11) is 1.61. The number of hydrogen-bond acceptors (Lipinski definition) is 3. The lowest BCUT2D eigenvalue weighted by atomic mass is 9.75. The Balaban J connectivity index is 1.73. The molecule has 0 spiro atoms. The molecule has 1 unspecified atom stereocenters. The number of rotatable bonds is 6. The quantitative estimate of drug-likeness (QED) is 0.729. The maximum absolute atomic E-state index is 13.6. The molecule has 5 nitrogen and oxygen atoms in total. The fraction of sp³-hybridized carbons (Fsp3) is 0.360. The number of nitrogens with zero attached hydrogens (tertiary/aromatic N) is 1. The number of amides is 2. The Hall–Kier alpha value is -3.08. The summed E-state index contributed by atoms with van der Waals surface area (Å²) in [6.07, 6.45) is 6.46. The summed E-state index contributed by atoms with van der Waals surface area (Å²) in [5.74, 6) is 0.571. The summed E-state index contributed by atoms with van der Waals surface area (Å²) in [6.45, 7) is 1.95. The Morgan fingerprint density at radius 1 is 1.10 bits per heavy atom. The van der Waals surface area contributed by atoms with Crippen molar-refractivity contribution in [3.63, 3.8) is 0 Å². The van der Waals surface area contributed by atoms with Gasteiger partial charge < -0.3 is 10.1 Å². The van der Waals surface area contributed by atoms with Gasteiger partial charge in [0.1, 0.15) is 5.75 Å².